The van der Waals surface area contributed by atoms with Crippen molar-refractivity contribution in [1.82, 2.24) is 9.21 Å². The van der Waals surface area contributed by atoms with Crippen LogP contribution in [0.5, 0.6) is 0 Å². The standard InChI is InChI=1S/C19H31N3O2S/c1-15-7-11-21(12-8-15)13-9-17-4-3-10-22(17)25(23,24)18-6-5-16(2)19(20)14-18/h5-6,14-15,17H,3-4,7-13,20H2,1-2H3/t17-/m1/s1. The molecule has 25 heavy (non-hydrogen) atoms. The number of rotatable bonds is 5. The Morgan fingerprint density at radius 2 is 1.88 bits per heavy atom. The first kappa shape index (κ1) is 18.7. The van der Waals surface area contributed by atoms with Crippen molar-refractivity contribution in [3.05, 3.63) is 23.8 Å². The molecular weight excluding hydrogens is 334 g/mol. The second-order valence-corrected chi connectivity index (χ2v) is 9.63. The van der Waals surface area contributed by atoms with E-state index in [1.54, 1.807) is 22.5 Å². The van der Waals surface area contributed by atoms with Gasteiger partial charge in [-0.2, -0.15) is 4.31 Å². The first-order chi connectivity index (χ1) is 11.9. The van der Waals surface area contributed by atoms with Gasteiger partial charge >= 0.3 is 0 Å². The molecule has 2 aliphatic heterocycles. The van der Waals surface area contributed by atoms with Gasteiger partial charge in [0.15, 0.2) is 0 Å². The Bertz CT molecular complexity index is 697. The Balaban J connectivity index is 1.66. The fourth-order valence-electron chi connectivity index (χ4n) is 3.95. The van der Waals surface area contributed by atoms with Gasteiger partial charge in [-0.1, -0.05) is 13.0 Å². The molecule has 2 aliphatic rings. The summed E-state index contributed by atoms with van der Waals surface area (Å²) in [5.41, 5.74) is 7.38. The van der Waals surface area contributed by atoms with E-state index < -0.39 is 10.0 Å². The molecule has 2 saturated heterocycles. The SMILES string of the molecule is Cc1ccc(S(=O)(=O)N2CCC[C@@H]2CCN2CCC(C)CC2)cc1N. The highest BCUT2D eigenvalue weighted by molar-refractivity contribution is 7.89. The van der Waals surface area contributed by atoms with Crippen LogP contribution in [0.2, 0.25) is 0 Å². The molecule has 1 aromatic rings. The lowest BCUT2D eigenvalue weighted by atomic mass is 9.99. The lowest BCUT2D eigenvalue weighted by Gasteiger charge is -2.32. The van der Waals surface area contributed by atoms with Gasteiger partial charge < -0.3 is 10.6 Å². The Hall–Kier alpha value is -1.11. The third-order valence-corrected chi connectivity index (χ3v) is 7.78. The van der Waals surface area contributed by atoms with Crippen LogP contribution in [0.1, 0.15) is 44.6 Å². The van der Waals surface area contributed by atoms with Crippen molar-refractivity contribution in [3.63, 3.8) is 0 Å². The summed E-state index contributed by atoms with van der Waals surface area (Å²) in [4.78, 5) is 2.82. The minimum absolute atomic E-state index is 0.117. The Kier molecular flexibility index (Phi) is 5.71. The number of benzene rings is 1. The minimum atomic E-state index is -3.45. The van der Waals surface area contributed by atoms with E-state index in [2.05, 4.69) is 11.8 Å². The summed E-state index contributed by atoms with van der Waals surface area (Å²) in [6, 6.07) is 5.20. The second-order valence-electron chi connectivity index (χ2n) is 7.74. The van der Waals surface area contributed by atoms with Gasteiger partial charge in [-0.25, -0.2) is 8.42 Å². The third-order valence-electron chi connectivity index (χ3n) is 5.84. The summed E-state index contributed by atoms with van der Waals surface area (Å²) in [6.07, 6.45) is 5.35. The summed E-state index contributed by atoms with van der Waals surface area (Å²) in [7, 11) is -3.45. The second kappa shape index (κ2) is 7.64. The molecule has 0 aromatic heterocycles. The lowest BCUT2D eigenvalue weighted by Crippen LogP contribution is -2.40. The predicted molar refractivity (Wildman–Crippen MR) is 102 cm³/mol. The molecule has 2 fully saturated rings. The zero-order chi connectivity index (χ0) is 18.0. The fourth-order valence-corrected chi connectivity index (χ4v) is 5.71. The number of nitrogen functional groups attached to an aromatic ring is 1. The lowest BCUT2D eigenvalue weighted by molar-refractivity contribution is 0.179. The molecule has 6 heteroatoms. The van der Waals surface area contributed by atoms with E-state index in [4.69, 9.17) is 5.73 Å². The average molecular weight is 366 g/mol. The molecule has 0 aliphatic carbocycles. The highest BCUT2D eigenvalue weighted by Crippen LogP contribution is 2.29. The molecule has 1 atom stereocenters. The van der Waals surface area contributed by atoms with Crippen LogP contribution in [-0.4, -0.2) is 49.8 Å². The first-order valence-electron chi connectivity index (χ1n) is 9.48. The fraction of sp³-hybridized carbons (Fsp3) is 0.684. The molecular formula is C19H31N3O2S. The number of nitrogens with two attached hydrogens (primary N) is 1. The molecule has 0 amide bonds. The van der Waals surface area contributed by atoms with Gasteiger partial charge in [-0.15, -0.1) is 0 Å². The maximum atomic E-state index is 13.1. The molecule has 1 aromatic carbocycles. The van der Waals surface area contributed by atoms with Crippen LogP contribution in [-0.2, 0) is 10.0 Å². The van der Waals surface area contributed by atoms with Gasteiger partial charge in [0.25, 0.3) is 0 Å². The molecule has 2 heterocycles. The molecule has 0 bridgehead atoms. The number of aryl methyl sites for hydroxylation is 1. The summed E-state index contributed by atoms with van der Waals surface area (Å²) in [5.74, 6) is 0.826. The first-order valence-corrected chi connectivity index (χ1v) is 10.9. The highest BCUT2D eigenvalue weighted by atomic mass is 32.2. The van der Waals surface area contributed by atoms with E-state index in [0.717, 1.165) is 50.4 Å². The number of hydrogen-bond acceptors (Lipinski definition) is 4. The van der Waals surface area contributed by atoms with Crippen LogP contribution >= 0.6 is 0 Å². The third kappa shape index (κ3) is 4.18. The van der Waals surface area contributed by atoms with E-state index in [1.165, 1.54) is 12.8 Å². The number of hydrogen-bond donors (Lipinski definition) is 1. The van der Waals surface area contributed by atoms with Crippen molar-refractivity contribution in [2.75, 3.05) is 31.9 Å². The number of nitrogens with zero attached hydrogens (tertiary/aromatic N) is 2. The van der Waals surface area contributed by atoms with Gasteiger partial charge in [0.1, 0.15) is 0 Å². The van der Waals surface area contributed by atoms with Gasteiger partial charge in [-0.05, 0) is 82.3 Å². The summed E-state index contributed by atoms with van der Waals surface area (Å²) < 4.78 is 27.8. The van der Waals surface area contributed by atoms with E-state index in [0.29, 0.717) is 17.1 Å². The highest BCUT2D eigenvalue weighted by Gasteiger charge is 2.35. The smallest absolute Gasteiger partial charge is 0.243 e. The van der Waals surface area contributed by atoms with Crippen molar-refractivity contribution >= 4 is 15.7 Å². The maximum Gasteiger partial charge on any atom is 0.243 e. The number of piperidine rings is 1. The Labute approximate surface area is 152 Å². The summed E-state index contributed by atoms with van der Waals surface area (Å²) >= 11 is 0. The molecule has 0 unspecified atom stereocenters. The largest absolute Gasteiger partial charge is 0.398 e. The van der Waals surface area contributed by atoms with Gasteiger partial charge in [0.2, 0.25) is 10.0 Å². The monoisotopic (exact) mass is 365 g/mol. The molecule has 0 spiro atoms. The van der Waals surface area contributed by atoms with Crippen LogP contribution in [0.3, 0.4) is 0 Å². The molecule has 140 valence electrons. The van der Waals surface area contributed by atoms with Gasteiger partial charge in [-0.3, -0.25) is 0 Å². The van der Waals surface area contributed by atoms with Crippen LogP contribution in [0, 0.1) is 12.8 Å². The van der Waals surface area contributed by atoms with E-state index in [9.17, 15) is 8.42 Å². The average Bonchev–Trinajstić information content (AvgIpc) is 3.06. The number of likely N-dealkylation sites (tertiary alicyclic amines) is 1. The maximum absolute atomic E-state index is 13.1. The van der Waals surface area contributed by atoms with Crippen LogP contribution in [0.25, 0.3) is 0 Å². The van der Waals surface area contributed by atoms with Crippen molar-refractivity contribution < 1.29 is 8.42 Å². The molecule has 2 N–H and O–H groups in total. The van der Waals surface area contributed by atoms with E-state index in [1.807, 2.05) is 6.92 Å². The van der Waals surface area contributed by atoms with Gasteiger partial charge in [0.05, 0.1) is 4.90 Å². The zero-order valence-electron chi connectivity index (χ0n) is 15.4. The molecule has 5 nitrogen and oxygen atoms in total. The van der Waals surface area contributed by atoms with Crippen molar-refractivity contribution in [3.8, 4) is 0 Å². The quantitative estimate of drug-likeness (QED) is 0.815. The topological polar surface area (TPSA) is 66.6 Å². The predicted octanol–water partition coefficient (Wildman–Crippen LogP) is 2.85. The molecule has 0 saturated carbocycles. The normalized spacial score (nSPS) is 24.0. The summed E-state index contributed by atoms with van der Waals surface area (Å²) in [6.45, 7) is 8.13. The number of sulfonamides is 1. The van der Waals surface area contributed by atoms with Crippen molar-refractivity contribution in [2.24, 2.45) is 5.92 Å². The Morgan fingerprint density at radius 1 is 1.16 bits per heavy atom. The molecule has 0 radical (unpaired) electrons. The zero-order valence-corrected chi connectivity index (χ0v) is 16.3. The van der Waals surface area contributed by atoms with Crippen LogP contribution in [0.4, 0.5) is 5.69 Å². The van der Waals surface area contributed by atoms with Crippen molar-refractivity contribution in [2.45, 2.75) is 56.9 Å². The molecule has 3 rings (SSSR count). The number of anilines is 1. The van der Waals surface area contributed by atoms with Gasteiger partial charge in [0, 0.05) is 18.3 Å². The Morgan fingerprint density at radius 3 is 2.56 bits per heavy atom. The van der Waals surface area contributed by atoms with Crippen LogP contribution < -0.4 is 5.73 Å². The summed E-state index contributed by atoms with van der Waals surface area (Å²) in [5, 5.41) is 0. The van der Waals surface area contributed by atoms with Crippen LogP contribution in [0.15, 0.2) is 23.1 Å². The van der Waals surface area contributed by atoms with Crippen molar-refractivity contribution in [1.29, 1.82) is 0 Å². The minimum Gasteiger partial charge on any atom is -0.398 e. The van der Waals surface area contributed by atoms with E-state index >= 15 is 0 Å². The van der Waals surface area contributed by atoms with E-state index in [-0.39, 0.29) is 6.04 Å².